The van der Waals surface area contributed by atoms with Gasteiger partial charge in [0.1, 0.15) is 18.9 Å². The van der Waals surface area contributed by atoms with Crippen molar-refractivity contribution >= 4 is 31.1 Å². The van der Waals surface area contributed by atoms with Gasteiger partial charge in [0.2, 0.25) is 0 Å². The van der Waals surface area contributed by atoms with Crippen molar-refractivity contribution in [3.63, 3.8) is 0 Å². The third-order valence-corrected chi connectivity index (χ3v) is 8.94. The largest absolute Gasteiger partial charge is 0.465 e. The number of carbonyl (C=O) groups is 1. The van der Waals surface area contributed by atoms with Gasteiger partial charge in [0, 0.05) is 26.2 Å². The molecule has 31 heavy (non-hydrogen) atoms. The number of aliphatic hydroxyl groups excluding tert-OH is 1. The monoisotopic (exact) mass is 476 g/mol. The maximum absolute atomic E-state index is 14.7. The molecule has 0 unspecified atom stereocenters. The molecule has 0 bridgehead atoms. The summed E-state index contributed by atoms with van der Waals surface area (Å²) >= 11 is 1.02. The first-order valence-electron chi connectivity index (χ1n) is 9.98. The molecule has 0 radical (unpaired) electrons. The second kappa shape index (κ2) is 8.76. The number of carboxylic acid groups (broad SMARTS) is 1. The van der Waals surface area contributed by atoms with Crippen LogP contribution in [-0.2, 0) is 10.3 Å². The van der Waals surface area contributed by atoms with E-state index in [0.29, 0.717) is 13.0 Å². The number of hydrogen-bond acceptors (Lipinski definition) is 5. The number of amides is 1. The summed E-state index contributed by atoms with van der Waals surface area (Å²) in [4.78, 5) is 17.1. The topological polar surface area (TPSA) is 82.4 Å². The number of thioether (sulfide) groups is 1. The van der Waals surface area contributed by atoms with Gasteiger partial charge in [-0.25, -0.2) is 27.9 Å². The van der Waals surface area contributed by atoms with Crippen LogP contribution in [0.3, 0.4) is 0 Å². The van der Waals surface area contributed by atoms with E-state index in [9.17, 15) is 28.2 Å². The maximum atomic E-state index is 14.7. The van der Waals surface area contributed by atoms with Crippen LogP contribution in [-0.4, -0.2) is 65.8 Å². The van der Waals surface area contributed by atoms with Crippen LogP contribution >= 0.6 is 11.8 Å². The average molecular weight is 477 g/mol. The van der Waals surface area contributed by atoms with Crippen molar-refractivity contribution in [2.24, 2.45) is 10.9 Å². The van der Waals surface area contributed by atoms with Gasteiger partial charge in [-0.1, -0.05) is 43.5 Å². The molecule has 0 spiro atoms. The lowest BCUT2D eigenvalue weighted by molar-refractivity contribution is 0.0698. The lowest BCUT2D eigenvalue weighted by Gasteiger charge is -2.37. The van der Waals surface area contributed by atoms with Gasteiger partial charge in [-0.15, -0.1) is 0 Å². The summed E-state index contributed by atoms with van der Waals surface area (Å²) in [6.07, 6.45) is -1.07. The van der Waals surface area contributed by atoms with Crippen LogP contribution < -0.4 is 0 Å². The number of ether oxygens (including phenoxy) is 1. The summed E-state index contributed by atoms with van der Waals surface area (Å²) in [5.41, 5.74) is -2.10. The van der Waals surface area contributed by atoms with E-state index in [2.05, 4.69) is 24.6 Å². The van der Waals surface area contributed by atoms with Crippen LogP contribution in [0.15, 0.2) is 23.2 Å². The Balaban J connectivity index is 1.97. The standard InChI is InChI=1S/C20H27F3N2O4SSi/c1-31(2,3)8-7-29-12-25(18(27)28)17-24-20(10-21,15-9-19(15,11-26)30-17)13-5-4-6-14(22)16(13)23/h4-6,15,26H,7-12H2,1-3H3,(H,27,28)/t15-,19-,20-/m1/s1. The highest BCUT2D eigenvalue weighted by molar-refractivity contribution is 8.15. The first-order valence-corrected chi connectivity index (χ1v) is 14.5. The highest BCUT2D eigenvalue weighted by Crippen LogP contribution is 2.66. The Kier molecular flexibility index (Phi) is 6.81. The molecule has 1 aromatic carbocycles. The molecule has 1 saturated carbocycles. The van der Waals surface area contributed by atoms with E-state index in [0.717, 1.165) is 28.8 Å². The van der Waals surface area contributed by atoms with Crippen molar-refractivity contribution in [3.8, 4) is 0 Å². The van der Waals surface area contributed by atoms with Crippen LogP contribution in [0.1, 0.15) is 12.0 Å². The van der Waals surface area contributed by atoms with E-state index in [1.165, 1.54) is 12.1 Å². The Hall–Kier alpha value is -1.56. The van der Waals surface area contributed by atoms with Crippen LogP contribution in [0.4, 0.5) is 18.0 Å². The molecule has 0 saturated heterocycles. The number of nitrogens with zero attached hydrogens (tertiary/aromatic N) is 2. The fourth-order valence-corrected chi connectivity index (χ4v) is 6.01. The van der Waals surface area contributed by atoms with Crippen LogP contribution in [0.5, 0.6) is 0 Å². The van der Waals surface area contributed by atoms with E-state index < -0.39 is 48.7 Å². The molecular formula is C20H27F3N2O4SSi. The van der Waals surface area contributed by atoms with Crippen molar-refractivity contribution in [2.75, 3.05) is 26.6 Å². The third-order valence-electron chi connectivity index (χ3n) is 5.76. The molecular weight excluding hydrogens is 449 g/mol. The third kappa shape index (κ3) is 4.64. The number of fused-ring (bicyclic) bond motifs is 1. The van der Waals surface area contributed by atoms with E-state index in [-0.39, 0.29) is 24.1 Å². The molecule has 2 N–H and O–H groups in total. The smallest absolute Gasteiger partial charge is 0.415 e. The summed E-state index contributed by atoms with van der Waals surface area (Å²) in [5.74, 6) is -2.95. The number of hydrogen-bond donors (Lipinski definition) is 2. The molecule has 6 nitrogen and oxygen atoms in total. The number of aliphatic hydroxyl groups is 1. The zero-order valence-electron chi connectivity index (χ0n) is 17.7. The molecule has 1 amide bonds. The Morgan fingerprint density at radius 2 is 2.10 bits per heavy atom. The average Bonchev–Trinajstić information content (AvgIpc) is 3.44. The molecule has 3 atom stereocenters. The zero-order valence-corrected chi connectivity index (χ0v) is 19.5. The van der Waals surface area contributed by atoms with E-state index in [1.807, 2.05) is 0 Å². The lowest BCUT2D eigenvalue weighted by Crippen LogP contribution is -2.46. The normalized spacial score (nSPS) is 27.5. The zero-order chi connectivity index (χ0) is 23.0. The Morgan fingerprint density at radius 3 is 2.68 bits per heavy atom. The van der Waals surface area contributed by atoms with Crippen LogP contribution in [0.25, 0.3) is 0 Å². The van der Waals surface area contributed by atoms with Gasteiger partial charge in [-0.2, -0.15) is 0 Å². The number of amidine groups is 1. The molecule has 2 aliphatic rings. The van der Waals surface area contributed by atoms with Gasteiger partial charge in [-0.3, -0.25) is 0 Å². The minimum atomic E-state index is -1.82. The maximum Gasteiger partial charge on any atom is 0.415 e. The number of halogens is 3. The minimum absolute atomic E-state index is 0.0929. The summed E-state index contributed by atoms with van der Waals surface area (Å²) in [7, 11) is -1.39. The molecule has 1 aliphatic carbocycles. The van der Waals surface area contributed by atoms with Crippen molar-refractivity contribution in [1.82, 2.24) is 4.90 Å². The Morgan fingerprint density at radius 1 is 1.39 bits per heavy atom. The second-order valence-corrected chi connectivity index (χ2v) is 16.2. The van der Waals surface area contributed by atoms with Crippen LogP contribution in [0.2, 0.25) is 25.7 Å². The SMILES string of the molecule is C[Si](C)(C)CCOCN(C(=O)O)C1=N[C@](CF)(c2cccc(F)c2F)[C@@H]2C[C@]2(CO)S1. The van der Waals surface area contributed by atoms with E-state index in [1.54, 1.807) is 0 Å². The van der Waals surface area contributed by atoms with Gasteiger partial charge in [0.05, 0.1) is 11.4 Å². The quantitative estimate of drug-likeness (QED) is 0.333. The first-order chi connectivity index (χ1) is 14.5. The molecule has 1 aromatic rings. The van der Waals surface area contributed by atoms with Crippen molar-refractivity contribution in [1.29, 1.82) is 0 Å². The van der Waals surface area contributed by atoms with Crippen molar-refractivity contribution < 1.29 is 32.9 Å². The summed E-state index contributed by atoms with van der Waals surface area (Å²) in [5, 5.41) is 19.6. The second-order valence-electron chi connectivity index (χ2n) is 9.19. The molecule has 1 heterocycles. The van der Waals surface area contributed by atoms with Crippen molar-refractivity contribution in [3.05, 3.63) is 35.4 Å². The number of aliphatic imine (C=N–C) groups is 1. The number of rotatable bonds is 8. The summed E-state index contributed by atoms with van der Waals surface area (Å²) < 4.78 is 47.7. The molecule has 3 rings (SSSR count). The van der Waals surface area contributed by atoms with Gasteiger partial charge in [0.25, 0.3) is 0 Å². The van der Waals surface area contributed by atoms with Crippen molar-refractivity contribution in [2.45, 2.75) is 42.4 Å². The predicted octanol–water partition coefficient (Wildman–Crippen LogP) is 4.28. The van der Waals surface area contributed by atoms with E-state index in [4.69, 9.17) is 4.74 Å². The highest BCUT2D eigenvalue weighted by atomic mass is 32.2. The minimum Gasteiger partial charge on any atom is -0.465 e. The van der Waals surface area contributed by atoms with Gasteiger partial charge in [0.15, 0.2) is 16.8 Å². The number of benzene rings is 1. The fraction of sp³-hybridized carbons (Fsp3) is 0.600. The number of alkyl halides is 1. The predicted molar refractivity (Wildman–Crippen MR) is 116 cm³/mol. The van der Waals surface area contributed by atoms with Gasteiger partial charge >= 0.3 is 6.09 Å². The molecule has 0 aromatic heterocycles. The van der Waals surface area contributed by atoms with Crippen LogP contribution in [0, 0.1) is 17.6 Å². The van der Waals surface area contributed by atoms with Gasteiger partial charge < -0.3 is 14.9 Å². The Labute approximate surface area is 184 Å². The Bertz CT molecular complexity index is 884. The molecule has 11 heteroatoms. The van der Waals surface area contributed by atoms with E-state index >= 15 is 0 Å². The fourth-order valence-electron chi connectivity index (χ4n) is 3.79. The molecule has 1 aliphatic heterocycles. The summed E-state index contributed by atoms with van der Waals surface area (Å²) in [6, 6.07) is 4.27. The lowest BCUT2D eigenvalue weighted by atomic mass is 9.85. The highest BCUT2D eigenvalue weighted by Gasteiger charge is 2.69. The van der Waals surface area contributed by atoms with Gasteiger partial charge in [-0.05, 0) is 18.5 Å². The summed E-state index contributed by atoms with van der Waals surface area (Å²) in [6.45, 7) is 4.98. The first kappa shape index (κ1) is 24.1. The molecule has 172 valence electrons. The molecule has 1 fully saturated rings.